The van der Waals surface area contributed by atoms with Gasteiger partial charge in [0.15, 0.2) is 11.4 Å². The first-order valence-corrected chi connectivity index (χ1v) is 12.2. The molecule has 5 aromatic rings. The van der Waals surface area contributed by atoms with Gasteiger partial charge in [-0.3, -0.25) is 4.57 Å². The second-order valence-electron chi connectivity index (χ2n) is 9.44. The van der Waals surface area contributed by atoms with Gasteiger partial charge in [0.05, 0.1) is 11.1 Å². The van der Waals surface area contributed by atoms with Crippen molar-refractivity contribution in [3.63, 3.8) is 0 Å². The summed E-state index contributed by atoms with van der Waals surface area (Å²) in [6.45, 7) is 8.05. The van der Waals surface area contributed by atoms with Crippen LogP contribution in [0.1, 0.15) is 32.6 Å². The Morgan fingerprint density at radius 1 is 0.789 bits per heavy atom. The van der Waals surface area contributed by atoms with Crippen molar-refractivity contribution in [1.29, 1.82) is 0 Å². The van der Waals surface area contributed by atoms with Gasteiger partial charge in [0.2, 0.25) is 5.88 Å². The molecule has 38 heavy (non-hydrogen) atoms. The molecular weight excluding hydrogens is 478 g/mol. The van der Waals surface area contributed by atoms with E-state index in [1.165, 1.54) is 12.1 Å². The topological polar surface area (TPSA) is 107 Å². The van der Waals surface area contributed by atoms with Crippen LogP contribution in [-0.4, -0.2) is 25.9 Å². The molecule has 0 fully saturated rings. The van der Waals surface area contributed by atoms with Crippen LogP contribution in [-0.2, 0) is 0 Å². The molecule has 0 saturated heterocycles. The van der Waals surface area contributed by atoms with E-state index in [0.717, 1.165) is 38.8 Å². The van der Waals surface area contributed by atoms with Crippen molar-refractivity contribution < 1.29 is 20.1 Å². The van der Waals surface area contributed by atoms with Crippen LogP contribution in [0.2, 0.25) is 0 Å². The first kappa shape index (κ1) is 24.8. The fraction of sp³-hybridized carbons (Fsp3) is 0.129. The number of rotatable bonds is 5. The predicted molar refractivity (Wildman–Crippen MR) is 149 cm³/mol. The Hall–Kier alpha value is -4.91. The Balaban J connectivity index is 1.66. The predicted octanol–water partition coefficient (Wildman–Crippen LogP) is 8.06. The molecular formula is C31H27N3O4. The minimum absolute atomic E-state index is 0.0505. The number of aromatic hydroxyl groups is 2. The summed E-state index contributed by atoms with van der Waals surface area (Å²) in [4.78, 5) is 11.4. The number of carbonyl (C=O) groups is 1. The molecule has 1 aromatic heterocycles. The molecule has 7 nitrogen and oxygen atoms in total. The lowest BCUT2D eigenvalue weighted by Crippen LogP contribution is -1.95. The van der Waals surface area contributed by atoms with E-state index in [1.54, 1.807) is 34.9 Å². The van der Waals surface area contributed by atoms with E-state index < -0.39 is 5.97 Å². The maximum Gasteiger partial charge on any atom is 0.335 e. The Labute approximate surface area is 220 Å². The summed E-state index contributed by atoms with van der Waals surface area (Å²) in [6.07, 6.45) is 0. The second kappa shape index (κ2) is 9.52. The van der Waals surface area contributed by atoms with Crippen molar-refractivity contribution in [2.45, 2.75) is 27.7 Å². The van der Waals surface area contributed by atoms with Gasteiger partial charge in [-0.05, 0) is 91.9 Å². The third kappa shape index (κ3) is 4.18. The molecule has 4 aromatic carbocycles. The number of hydrogen-bond donors (Lipinski definition) is 3. The molecule has 0 unspecified atom stereocenters. The molecule has 190 valence electrons. The average Bonchev–Trinajstić information content (AvgIpc) is 3.19. The summed E-state index contributed by atoms with van der Waals surface area (Å²) < 4.78 is 1.76. The quantitative estimate of drug-likeness (QED) is 0.210. The van der Waals surface area contributed by atoms with E-state index in [4.69, 9.17) is 0 Å². The molecule has 0 saturated carbocycles. The smallest absolute Gasteiger partial charge is 0.335 e. The largest absolute Gasteiger partial charge is 0.505 e. The molecule has 7 heteroatoms. The normalized spacial score (nSPS) is 11.5. The van der Waals surface area contributed by atoms with E-state index >= 15 is 0 Å². The van der Waals surface area contributed by atoms with Crippen LogP contribution in [0.5, 0.6) is 11.6 Å². The van der Waals surface area contributed by atoms with Crippen molar-refractivity contribution in [3.05, 3.63) is 101 Å². The average molecular weight is 506 g/mol. The standard InChI is InChI=1S/C31H27N3O4/c1-17-11-13-23(15-19(17)3)34-26-14-12-18(2)20(4)27(26)28(30(34)36)33-32-25-10-6-9-24(29(25)35)21-7-5-8-22(16-21)31(37)38/h5-16,35-36H,1-4H3,(H,37,38). The van der Waals surface area contributed by atoms with Crippen molar-refractivity contribution in [2.75, 3.05) is 0 Å². The summed E-state index contributed by atoms with van der Waals surface area (Å²) in [5.41, 5.74) is 7.46. The zero-order valence-corrected chi connectivity index (χ0v) is 21.5. The van der Waals surface area contributed by atoms with Gasteiger partial charge in [-0.1, -0.05) is 36.4 Å². The number of aryl methyl sites for hydroxylation is 4. The monoisotopic (exact) mass is 505 g/mol. The maximum atomic E-state index is 11.4. The van der Waals surface area contributed by atoms with Crippen molar-refractivity contribution in [2.24, 2.45) is 10.2 Å². The van der Waals surface area contributed by atoms with E-state index in [-0.39, 0.29) is 22.9 Å². The number of phenolic OH excluding ortho intramolecular Hbond substituents is 1. The highest BCUT2D eigenvalue weighted by molar-refractivity contribution is 5.99. The number of hydrogen-bond acceptors (Lipinski definition) is 5. The lowest BCUT2D eigenvalue weighted by atomic mass is 10.0. The van der Waals surface area contributed by atoms with Gasteiger partial charge in [-0.15, -0.1) is 10.2 Å². The van der Waals surface area contributed by atoms with Crippen LogP contribution in [0.3, 0.4) is 0 Å². The van der Waals surface area contributed by atoms with Gasteiger partial charge in [-0.25, -0.2) is 4.79 Å². The zero-order chi connectivity index (χ0) is 27.1. The zero-order valence-electron chi connectivity index (χ0n) is 21.5. The summed E-state index contributed by atoms with van der Waals surface area (Å²) >= 11 is 0. The lowest BCUT2D eigenvalue weighted by molar-refractivity contribution is 0.0697. The number of carboxylic acids is 1. The Kier molecular flexibility index (Phi) is 6.20. The number of aromatic carboxylic acids is 1. The number of phenols is 1. The van der Waals surface area contributed by atoms with E-state index in [9.17, 15) is 20.1 Å². The molecule has 0 radical (unpaired) electrons. The fourth-order valence-electron chi connectivity index (χ4n) is 4.61. The highest BCUT2D eigenvalue weighted by Crippen LogP contribution is 2.45. The molecule has 3 N–H and O–H groups in total. The van der Waals surface area contributed by atoms with Gasteiger partial charge in [-0.2, -0.15) is 0 Å². The Morgan fingerprint density at radius 2 is 1.53 bits per heavy atom. The SMILES string of the molecule is Cc1ccc(-n2c(O)c(N=Nc3cccc(-c4cccc(C(=O)O)c4)c3O)c3c(C)c(C)ccc32)cc1C. The van der Waals surface area contributed by atoms with Crippen molar-refractivity contribution >= 4 is 28.2 Å². The fourth-order valence-corrected chi connectivity index (χ4v) is 4.61. The number of azo groups is 1. The first-order valence-electron chi connectivity index (χ1n) is 12.2. The van der Waals surface area contributed by atoms with E-state index in [2.05, 4.69) is 10.2 Å². The second-order valence-corrected chi connectivity index (χ2v) is 9.44. The number of benzene rings is 4. The van der Waals surface area contributed by atoms with Crippen LogP contribution in [0.25, 0.3) is 27.7 Å². The van der Waals surface area contributed by atoms with Crippen LogP contribution < -0.4 is 0 Å². The Morgan fingerprint density at radius 3 is 2.26 bits per heavy atom. The van der Waals surface area contributed by atoms with Crippen LogP contribution in [0, 0.1) is 27.7 Å². The van der Waals surface area contributed by atoms with Crippen molar-refractivity contribution in [1.82, 2.24) is 4.57 Å². The highest BCUT2D eigenvalue weighted by Gasteiger charge is 2.21. The number of para-hydroxylation sites is 1. The number of aromatic nitrogens is 1. The van der Waals surface area contributed by atoms with Crippen LogP contribution in [0.15, 0.2) is 83.0 Å². The minimum atomic E-state index is -1.05. The molecule has 5 rings (SSSR count). The number of nitrogens with zero attached hydrogens (tertiary/aromatic N) is 3. The lowest BCUT2D eigenvalue weighted by Gasteiger charge is -2.10. The molecule has 0 spiro atoms. The summed E-state index contributed by atoms with van der Waals surface area (Å²) in [5.74, 6) is -1.24. The molecule has 0 amide bonds. The summed E-state index contributed by atoms with van der Waals surface area (Å²) in [5, 5.41) is 41.3. The molecule has 1 heterocycles. The third-order valence-corrected chi connectivity index (χ3v) is 7.06. The molecule has 0 aliphatic heterocycles. The van der Waals surface area contributed by atoms with Gasteiger partial charge in [0.1, 0.15) is 5.69 Å². The minimum Gasteiger partial charge on any atom is -0.505 e. The van der Waals surface area contributed by atoms with E-state index in [0.29, 0.717) is 16.8 Å². The number of fused-ring (bicyclic) bond motifs is 1. The van der Waals surface area contributed by atoms with Crippen molar-refractivity contribution in [3.8, 4) is 28.4 Å². The van der Waals surface area contributed by atoms with Crippen LogP contribution in [0.4, 0.5) is 11.4 Å². The van der Waals surface area contributed by atoms with E-state index in [1.807, 2.05) is 58.0 Å². The van der Waals surface area contributed by atoms with Gasteiger partial charge < -0.3 is 15.3 Å². The molecule has 0 aliphatic rings. The maximum absolute atomic E-state index is 11.4. The van der Waals surface area contributed by atoms with Gasteiger partial charge >= 0.3 is 5.97 Å². The van der Waals surface area contributed by atoms with Gasteiger partial charge in [0.25, 0.3) is 0 Å². The molecule has 0 aliphatic carbocycles. The van der Waals surface area contributed by atoms with Crippen LogP contribution >= 0.6 is 0 Å². The Bertz CT molecular complexity index is 1770. The third-order valence-electron chi connectivity index (χ3n) is 7.06. The molecule has 0 bridgehead atoms. The summed E-state index contributed by atoms with van der Waals surface area (Å²) in [7, 11) is 0. The summed E-state index contributed by atoms with van der Waals surface area (Å²) in [6, 6.07) is 21.3. The first-order chi connectivity index (χ1) is 18.2. The number of carboxylic acid groups (broad SMARTS) is 1. The highest BCUT2D eigenvalue weighted by atomic mass is 16.4. The van der Waals surface area contributed by atoms with Gasteiger partial charge in [0, 0.05) is 16.6 Å². The molecule has 0 atom stereocenters.